The van der Waals surface area contributed by atoms with Crippen LogP contribution >= 0.6 is 11.6 Å². The first kappa shape index (κ1) is 13.3. The number of amidine groups is 1. The molecule has 3 rings (SSSR count). The third-order valence-corrected chi connectivity index (χ3v) is 4.88. The van der Waals surface area contributed by atoms with Crippen molar-refractivity contribution in [2.45, 2.75) is 37.8 Å². The van der Waals surface area contributed by atoms with Gasteiger partial charge in [-0.15, -0.1) is 0 Å². The minimum atomic E-state index is 0.538. The van der Waals surface area contributed by atoms with Crippen LogP contribution in [-0.4, -0.2) is 54.9 Å². The smallest absolute Gasteiger partial charge is 0.139 e. The Kier molecular flexibility index (Phi) is 3.72. The average molecular weight is 283 g/mol. The van der Waals surface area contributed by atoms with Crippen molar-refractivity contribution in [1.82, 2.24) is 15.2 Å². The highest BCUT2D eigenvalue weighted by Gasteiger charge is 2.39. The highest BCUT2D eigenvalue weighted by atomic mass is 35.5. The van der Waals surface area contributed by atoms with Gasteiger partial charge in [0.05, 0.1) is 6.54 Å². The quantitative estimate of drug-likeness (QED) is 0.784. The largest absolute Gasteiger partial charge is 0.357 e. The van der Waals surface area contributed by atoms with Crippen molar-refractivity contribution in [3.63, 3.8) is 0 Å². The summed E-state index contributed by atoms with van der Waals surface area (Å²) in [5.41, 5.74) is 2.96. The lowest BCUT2D eigenvalue weighted by molar-refractivity contribution is 0.227. The normalized spacial score (nSPS) is 34.8. The summed E-state index contributed by atoms with van der Waals surface area (Å²) >= 11 is 6.26. The number of hydrogen-bond donors (Lipinski definition) is 1. The standard InChI is InChI=1S/C14H23ClN4/c1-16-17-14-9-19(12-4-5-12)8-10-7-11(15)3-6-13(10)18(14)2/h7,10,12-13,16H,3-6,8-9H2,1-2H3/b17-14-. The zero-order chi connectivity index (χ0) is 13.4. The molecule has 1 heterocycles. The number of allylic oxidation sites excluding steroid dienone is 1. The third kappa shape index (κ3) is 2.75. The summed E-state index contributed by atoms with van der Waals surface area (Å²) in [5, 5.41) is 5.53. The molecule has 1 N–H and O–H groups in total. The molecule has 2 atom stereocenters. The molecule has 3 aliphatic rings. The summed E-state index contributed by atoms with van der Waals surface area (Å²) in [6.45, 7) is 2.08. The van der Waals surface area contributed by atoms with E-state index in [-0.39, 0.29) is 0 Å². The molecule has 19 heavy (non-hydrogen) atoms. The molecule has 2 unspecified atom stereocenters. The molecule has 0 aromatic rings. The zero-order valence-corrected chi connectivity index (χ0v) is 12.5. The molecule has 0 spiro atoms. The van der Waals surface area contributed by atoms with Gasteiger partial charge >= 0.3 is 0 Å². The number of nitrogens with one attached hydrogen (secondary N) is 1. The highest BCUT2D eigenvalue weighted by Crippen LogP contribution is 2.35. The first-order valence-electron chi connectivity index (χ1n) is 7.25. The van der Waals surface area contributed by atoms with Crippen molar-refractivity contribution in [2.24, 2.45) is 11.0 Å². The van der Waals surface area contributed by atoms with E-state index in [1.165, 1.54) is 12.8 Å². The number of rotatable bonds is 2. The van der Waals surface area contributed by atoms with Crippen molar-refractivity contribution in [2.75, 3.05) is 27.2 Å². The van der Waals surface area contributed by atoms with Gasteiger partial charge in [-0.05, 0) is 25.7 Å². The first-order chi connectivity index (χ1) is 9.19. The fourth-order valence-corrected chi connectivity index (χ4v) is 3.63. The Hall–Kier alpha value is -0.740. The van der Waals surface area contributed by atoms with E-state index in [1.807, 2.05) is 7.05 Å². The molecule has 0 aromatic carbocycles. The number of hydrogen-bond acceptors (Lipinski definition) is 3. The molecule has 5 heteroatoms. The molecule has 0 radical (unpaired) electrons. The van der Waals surface area contributed by atoms with Crippen LogP contribution in [0.3, 0.4) is 0 Å². The lowest BCUT2D eigenvalue weighted by atomic mass is 9.89. The third-order valence-electron chi connectivity index (χ3n) is 4.57. The van der Waals surface area contributed by atoms with Crippen molar-refractivity contribution >= 4 is 17.4 Å². The van der Waals surface area contributed by atoms with E-state index in [4.69, 9.17) is 11.6 Å². The van der Waals surface area contributed by atoms with Crippen LogP contribution in [0, 0.1) is 5.92 Å². The Bertz CT molecular complexity index is 402. The topological polar surface area (TPSA) is 30.9 Å². The minimum absolute atomic E-state index is 0.538. The molecule has 1 saturated heterocycles. The average Bonchev–Trinajstić information content (AvgIpc) is 3.20. The number of nitrogens with zero attached hydrogens (tertiary/aromatic N) is 3. The maximum absolute atomic E-state index is 6.26. The molecule has 2 aliphatic carbocycles. The van der Waals surface area contributed by atoms with Crippen LogP contribution in [0.1, 0.15) is 25.7 Å². The molecule has 0 aromatic heterocycles. The Morgan fingerprint density at radius 3 is 2.84 bits per heavy atom. The van der Waals surface area contributed by atoms with E-state index in [0.29, 0.717) is 12.0 Å². The SMILES string of the molecule is CN/N=C1/CN(C2CC2)CC2C=C(Cl)CCC2N1C. The van der Waals surface area contributed by atoms with Crippen molar-refractivity contribution in [3.8, 4) is 0 Å². The summed E-state index contributed by atoms with van der Waals surface area (Å²) in [4.78, 5) is 4.95. The zero-order valence-electron chi connectivity index (χ0n) is 11.8. The summed E-state index contributed by atoms with van der Waals surface area (Å²) < 4.78 is 0. The molecular formula is C14H23ClN4. The molecule has 106 valence electrons. The number of fused-ring (bicyclic) bond motifs is 1. The van der Waals surface area contributed by atoms with Gasteiger partial charge in [0.15, 0.2) is 0 Å². The predicted molar refractivity (Wildman–Crippen MR) is 79.3 cm³/mol. The van der Waals surface area contributed by atoms with Crippen molar-refractivity contribution < 1.29 is 0 Å². The van der Waals surface area contributed by atoms with Crippen molar-refractivity contribution in [3.05, 3.63) is 11.1 Å². The molecule has 2 fully saturated rings. The van der Waals surface area contributed by atoms with E-state index in [2.05, 4.69) is 33.5 Å². The highest BCUT2D eigenvalue weighted by molar-refractivity contribution is 6.29. The second-order valence-electron chi connectivity index (χ2n) is 5.91. The Morgan fingerprint density at radius 1 is 1.37 bits per heavy atom. The minimum Gasteiger partial charge on any atom is -0.357 e. The molecule has 1 saturated carbocycles. The van der Waals surface area contributed by atoms with Crippen LogP contribution in [0.4, 0.5) is 0 Å². The fraction of sp³-hybridized carbons (Fsp3) is 0.786. The van der Waals surface area contributed by atoms with Gasteiger partial charge in [-0.2, -0.15) is 5.10 Å². The monoisotopic (exact) mass is 282 g/mol. The number of likely N-dealkylation sites (N-methyl/N-ethyl adjacent to an activating group) is 1. The maximum atomic E-state index is 6.26. The Morgan fingerprint density at radius 2 is 2.16 bits per heavy atom. The van der Waals surface area contributed by atoms with E-state index in [1.54, 1.807) is 0 Å². The maximum Gasteiger partial charge on any atom is 0.139 e. The summed E-state index contributed by atoms with van der Waals surface area (Å²) in [7, 11) is 4.06. The Balaban J connectivity index is 1.87. The van der Waals surface area contributed by atoms with Crippen LogP contribution in [0.5, 0.6) is 0 Å². The fourth-order valence-electron chi connectivity index (χ4n) is 3.36. The van der Waals surface area contributed by atoms with E-state index < -0.39 is 0 Å². The van der Waals surface area contributed by atoms with Crippen LogP contribution in [0.2, 0.25) is 0 Å². The molecule has 0 bridgehead atoms. The van der Waals surface area contributed by atoms with Gasteiger partial charge < -0.3 is 10.3 Å². The van der Waals surface area contributed by atoms with Gasteiger partial charge in [-0.1, -0.05) is 17.7 Å². The molecule has 4 nitrogen and oxygen atoms in total. The second-order valence-corrected chi connectivity index (χ2v) is 6.39. The van der Waals surface area contributed by atoms with Gasteiger partial charge in [0.2, 0.25) is 0 Å². The number of hydrazone groups is 1. The summed E-state index contributed by atoms with van der Waals surface area (Å²) in [6, 6.07) is 1.31. The van der Waals surface area contributed by atoms with Crippen LogP contribution < -0.4 is 5.43 Å². The Labute approximate surface area is 120 Å². The predicted octanol–water partition coefficient (Wildman–Crippen LogP) is 1.83. The van der Waals surface area contributed by atoms with Crippen LogP contribution in [0.15, 0.2) is 16.2 Å². The van der Waals surface area contributed by atoms with Crippen LogP contribution in [0.25, 0.3) is 0 Å². The van der Waals surface area contributed by atoms with Crippen molar-refractivity contribution in [1.29, 1.82) is 0 Å². The van der Waals surface area contributed by atoms with E-state index in [0.717, 1.165) is 42.8 Å². The van der Waals surface area contributed by atoms with Gasteiger partial charge in [-0.3, -0.25) is 4.90 Å². The van der Waals surface area contributed by atoms with E-state index >= 15 is 0 Å². The van der Waals surface area contributed by atoms with Crippen LogP contribution in [-0.2, 0) is 0 Å². The number of halogens is 1. The summed E-state index contributed by atoms with van der Waals surface area (Å²) in [6.07, 6.45) is 7.10. The van der Waals surface area contributed by atoms with Gasteiger partial charge in [0, 0.05) is 43.7 Å². The second kappa shape index (κ2) is 5.33. The molecule has 0 amide bonds. The molecular weight excluding hydrogens is 260 g/mol. The van der Waals surface area contributed by atoms with E-state index in [9.17, 15) is 0 Å². The van der Waals surface area contributed by atoms with Gasteiger partial charge in [0.1, 0.15) is 5.84 Å². The first-order valence-corrected chi connectivity index (χ1v) is 7.63. The van der Waals surface area contributed by atoms with Gasteiger partial charge in [-0.25, -0.2) is 0 Å². The lowest BCUT2D eigenvalue weighted by Gasteiger charge is -2.35. The summed E-state index contributed by atoms with van der Waals surface area (Å²) in [5.74, 6) is 1.70. The van der Waals surface area contributed by atoms with Gasteiger partial charge in [0.25, 0.3) is 0 Å². The lowest BCUT2D eigenvalue weighted by Crippen LogP contribution is -2.42. The molecule has 1 aliphatic heterocycles.